The maximum absolute atomic E-state index is 12.7. The summed E-state index contributed by atoms with van der Waals surface area (Å²) in [5.41, 5.74) is 2.61. The lowest BCUT2D eigenvalue weighted by molar-refractivity contribution is -0.132. The first-order valence-corrected chi connectivity index (χ1v) is 10.2. The Balaban J connectivity index is 1.31. The summed E-state index contributed by atoms with van der Waals surface area (Å²) < 4.78 is 0. The molecule has 1 atom stereocenters. The Morgan fingerprint density at radius 1 is 1.30 bits per heavy atom. The predicted octanol–water partition coefficient (Wildman–Crippen LogP) is 3.50. The Bertz CT molecular complexity index is 902. The van der Waals surface area contributed by atoms with Crippen LogP contribution in [-0.4, -0.2) is 39.8 Å². The van der Waals surface area contributed by atoms with E-state index in [1.807, 2.05) is 39.9 Å². The smallest absolute Gasteiger partial charge is 0.252 e. The van der Waals surface area contributed by atoms with E-state index in [1.165, 1.54) is 11.3 Å². The molecule has 140 valence electrons. The molecule has 2 N–H and O–H groups in total. The molecule has 1 aromatic carbocycles. The van der Waals surface area contributed by atoms with Crippen LogP contribution >= 0.6 is 11.3 Å². The van der Waals surface area contributed by atoms with E-state index in [9.17, 15) is 9.59 Å². The van der Waals surface area contributed by atoms with Gasteiger partial charge in [-0.25, -0.2) is 4.98 Å². The number of thiophene rings is 1. The number of carbonyl (C=O) groups excluding carboxylic acids is 2. The normalized spacial score (nSPS) is 16.7. The summed E-state index contributed by atoms with van der Waals surface area (Å²) in [6.45, 7) is 1.27. The van der Waals surface area contributed by atoms with Gasteiger partial charge in [-0.1, -0.05) is 12.1 Å². The number of benzene rings is 1. The minimum absolute atomic E-state index is 0.0188. The van der Waals surface area contributed by atoms with Gasteiger partial charge < -0.3 is 15.2 Å². The van der Waals surface area contributed by atoms with E-state index in [-0.39, 0.29) is 17.9 Å². The Kier molecular flexibility index (Phi) is 5.20. The molecule has 4 rings (SSSR count). The quantitative estimate of drug-likeness (QED) is 0.641. The number of fused-ring (bicyclic) bond motifs is 1. The van der Waals surface area contributed by atoms with Crippen molar-refractivity contribution in [2.24, 2.45) is 0 Å². The highest BCUT2D eigenvalue weighted by Gasteiger charge is 2.31. The van der Waals surface area contributed by atoms with Crippen LogP contribution in [0.25, 0.3) is 11.0 Å². The number of carbonyl (C=O) groups is 2. The zero-order chi connectivity index (χ0) is 18.6. The Hall–Kier alpha value is -2.67. The van der Waals surface area contributed by atoms with Crippen molar-refractivity contribution in [3.8, 4) is 0 Å². The number of imidazole rings is 1. The first-order chi connectivity index (χ1) is 13.2. The van der Waals surface area contributed by atoms with Gasteiger partial charge in [-0.2, -0.15) is 11.3 Å². The number of aromatic amines is 1. The summed E-state index contributed by atoms with van der Waals surface area (Å²) >= 11 is 1.50. The minimum Gasteiger partial charge on any atom is -0.352 e. The molecule has 0 spiro atoms. The fraction of sp³-hybridized carbons (Fsp3) is 0.350. The van der Waals surface area contributed by atoms with Crippen LogP contribution in [0.15, 0.2) is 41.1 Å². The van der Waals surface area contributed by atoms with E-state index >= 15 is 0 Å². The molecule has 2 aromatic heterocycles. The van der Waals surface area contributed by atoms with Gasteiger partial charge in [0.05, 0.1) is 17.1 Å². The van der Waals surface area contributed by atoms with Crippen LogP contribution in [0.4, 0.5) is 0 Å². The van der Waals surface area contributed by atoms with Gasteiger partial charge in [0.25, 0.3) is 5.91 Å². The van der Waals surface area contributed by atoms with Crippen molar-refractivity contribution >= 4 is 34.2 Å². The van der Waals surface area contributed by atoms with E-state index in [1.54, 1.807) is 6.07 Å². The fourth-order valence-corrected chi connectivity index (χ4v) is 4.20. The van der Waals surface area contributed by atoms with Crippen molar-refractivity contribution in [3.63, 3.8) is 0 Å². The lowest BCUT2D eigenvalue weighted by atomic mass is 10.2. The molecule has 0 saturated carbocycles. The highest BCUT2D eigenvalue weighted by Crippen LogP contribution is 2.32. The Morgan fingerprint density at radius 3 is 3.00 bits per heavy atom. The van der Waals surface area contributed by atoms with Crippen molar-refractivity contribution in [2.45, 2.75) is 31.7 Å². The summed E-state index contributed by atoms with van der Waals surface area (Å²) in [6.07, 6.45) is 2.99. The molecular formula is C20H22N4O2S. The van der Waals surface area contributed by atoms with Gasteiger partial charge in [0, 0.05) is 30.5 Å². The SMILES string of the molecule is O=C(NCCCC(=O)N1CCCC1c1nc2ccccc2[nH]1)c1ccsc1. The molecule has 2 amide bonds. The van der Waals surface area contributed by atoms with Crippen molar-refractivity contribution < 1.29 is 9.59 Å². The molecule has 1 aliphatic heterocycles. The van der Waals surface area contributed by atoms with Gasteiger partial charge in [0.15, 0.2) is 0 Å². The Morgan fingerprint density at radius 2 is 2.19 bits per heavy atom. The molecule has 0 radical (unpaired) electrons. The monoisotopic (exact) mass is 382 g/mol. The highest BCUT2D eigenvalue weighted by molar-refractivity contribution is 7.08. The van der Waals surface area contributed by atoms with Gasteiger partial charge in [0.1, 0.15) is 5.82 Å². The lowest BCUT2D eigenvalue weighted by Gasteiger charge is -2.23. The van der Waals surface area contributed by atoms with Crippen molar-refractivity contribution in [1.82, 2.24) is 20.2 Å². The molecular weight excluding hydrogens is 360 g/mol. The largest absolute Gasteiger partial charge is 0.352 e. The number of para-hydroxylation sites is 2. The molecule has 3 heterocycles. The second-order valence-corrected chi connectivity index (χ2v) is 7.54. The second-order valence-electron chi connectivity index (χ2n) is 6.76. The summed E-state index contributed by atoms with van der Waals surface area (Å²) in [6, 6.07) is 9.75. The number of rotatable bonds is 6. The summed E-state index contributed by atoms with van der Waals surface area (Å²) in [7, 11) is 0. The number of aromatic nitrogens is 2. The van der Waals surface area contributed by atoms with Crippen LogP contribution in [0, 0.1) is 0 Å². The van der Waals surface area contributed by atoms with E-state index in [0.29, 0.717) is 24.9 Å². The number of nitrogens with zero attached hydrogens (tertiary/aromatic N) is 2. The molecule has 1 fully saturated rings. The summed E-state index contributed by atoms with van der Waals surface area (Å²) in [5, 5.41) is 6.57. The second kappa shape index (κ2) is 7.92. The Labute approximate surface area is 161 Å². The molecule has 1 saturated heterocycles. The predicted molar refractivity (Wildman–Crippen MR) is 106 cm³/mol. The maximum Gasteiger partial charge on any atom is 0.252 e. The van der Waals surface area contributed by atoms with Gasteiger partial charge in [-0.3, -0.25) is 9.59 Å². The van der Waals surface area contributed by atoms with Crippen LogP contribution in [0.3, 0.4) is 0 Å². The molecule has 3 aromatic rings. The van der Waals surface area contributed by atoms with Crippen molar-refractivity contribution in [2.75, 3.05) is 13.1 Å². The third-order valence-corrected chi connectivity index (χ3v) is 5.62. The summed E-state index contributed by atoms with van der Waals surface area (Å²) in [4.78, 5) is 34.6. The molecule has 6 nitrogen and oxygen atoms in total. The molecule has 1 unspecified atom stereocenters. The first-order valence-electron chi connectivity index (χ1n) is 9.27. The number of amides is 2. The van der Waals surface area contributed by atoms with Crippen LogP contribution in [0.5, 0.6) is 0 Å². The van der Waals surface area contributed by atoms with E-state index < -0.39 is 0 Å². The molecule has 0 bridgehead atoms. The minimum atomic E-state index is -0.0787. The number of H-pyrrole nitrogens is 1. The fourth-order valence-electron chi connectivity index (χ4n) is 3.56. The van der Waals surface area contributed by atoms with E-state index in [4.69, 9.17) is 0 Å². The van der Waals surface area contributed by atoms with Crippen molar-refractivity contribution in [3.05, 3.63) is 52.5 Å². The molecule has 0 aliphatic carbocycles. The van der Waals surface area contributed by atoms with Crippen molar-refractivity contribution in [1.29, 1.82) is 0 Å². The third-order valence-electron chi connectivity index (χ3n) is 4.93. The van der Waals surface area contributed by atoms with Crippen LogP contribution in [-0.2, 0) is 4.79 Å². The molecule has 27 heavy (non-hydrogen) atoms. The van der Waals surface area contributed by atoms with Crippen LogP contribution < -0.4 is 5.32 Å². The third kappa shape index (κ3) is 3.88. The summed E-state index contributed by atoms with van der Waals surface area (Å²) in [5.74, 6) is 0.917. The number of likely N-dealkylation sites (tertiary alicyclic amines) is 1. The standard InChI is InChI=1S/C20H22N4O2S/c25-18(8-3-10-21-20(26)14-9-12-27-13-14)24-11-4-7-17(24)19-22-15-5-1-2-6-16(15)23-19/h1-2,5-6,9,12-13,17H,3-4,7-8,10-11H2,(H,21,26)(H,22,23). The first kappa shape index (κ1) is 17.7. The van der Waals surface area contributed by atoms with Gasteiger partial charge >= 0.3 is 0 Å². The van der Waals surface area contributed by atoms with E-state index in [2.05, 4.69) is 15.3 Å². The zero-order valence-corrected chi connectivity index (χ0v) is 15.8. The molecule has 7 heteroatoms. The lowest BCUT2D eigenvalue weighted by Crippen LogP contribution is -2.32. The topological polar surface area (TPSA) is 78.1 Å². The number of nitrogens with one attached hydrogen (secondary N) is 2. The van der Waals surface area contributed by atoms with Gasteiger partial charge in [0.2, 0.25) is 5.91 Å². The number of hydrogen-bond donors (Lipinski definition) is 2. The van der Waals surface area contributed by atoms with Gasteiger partial charge in [-0.05, 0) is 42.8 Å². The van der Waals surface area contributed by atoms with E-state index in [0.717, 1.165) is 36.2 Å². The average Bonchev–Trinajstić information content (AvgIpc) is 3.43. The zero-order valence-electron chi connectivity index (χ0n) is 15.0. The number of hydrogen-bond acceptors (Lipinski definition) is 4. The van der Waals surface area contributed by atoms with Crippen LogP contribution in [0.1, 0.15) is 47.9 Å². The molecule has 1 aliphatic rings. The van der Waals surface area contributed by atoms with Crippen LogP contribution in [0.2, 0.25) is 0 Å². The van der Waals surface area contributed by atoms with Gasteiger partial charge in [-0.15, -0.1) is 0 Å². The maximum atomic E-state index is 12.7. The highest BCUT2D eigenvalue weighted by atomic mass is 32.1. The average molecular weight is 382 g/mol.